The first-order chi connectivity index (χ1) is 7.26. The van der Waals surface area contributed by atoms with E-state index in [9.17, 15) is 0 Å². The molecule has 4 heteroatoms. The summed E-state index contributed by atoms with van der Waals surface area (Å²) in [6.07, 6.45) is 0.946. The van der Waals surface area contributed by atoms with Gasteiger partial charge in [0.1, 0.15) is 18.1 Å². The molecule has 0 bridgehead atoms. The molecular weight excluding hydrogens is 194 g/mol. The third kappa shape index (κ3) is 4.08. The summed E-state index contributed by atoms with van der Waals surface area (Å²) in [4.78, 5) is 0. The van der Waals surface area contributed by atoms with Crippen LogP contribution in [0.3, 0.4) is 0 Å². The van der Waals surface area contributed by atoms with Crippen molar-refractivity contribution in [1.82, 2.24) is 0 Å². The largest absolute Gasteiger partial charge is 0.493 e. The molecule has 0 fully saturated rings. The van der Waals surface area contributed by atoms with E-state index >= 15 is 0 Å². The van der Waals surface area contributed by atoms with Crippen molar-refractivity contribution < 1.29 is 14.6 Å². The number of ether oxygens (including phenoxy) is 2. The first kappa shape index (κ1) is 11.7. The van der Waals surface area contributed by atoms with Gasteiger partial charge in [0.2, 0.25) is 0 Å². The number of aliphatic hydroxyl groups is 1. The SMILES string of the molecule is CCCOc1cc(N)cc(OCCO)c1. The maximum atomic E-state index is 8.62. The van der Waals surface area contributed by atoms with Crippen molar-refractivity contribution in [2.75, 3.05) is 25.6 Å². The predicted molar refractivity (Wildman–Crippen MR) is 59.2 cm³/mol. The average Bonchev–Trinajstić information content (AvgIpc) is 2.23. The van der Waals surface area contributed by atoms with E-state index in [0.29, 0.717) is 23.8 Å². The van der Waals surface area contributed by atoms with E-state index in [2.05, 4.69) is 0 Å². The Morgan fingerprint density at radius 3 is 2.27 bits per heavy atom. The Kier molecular flexibility index (Phi) is 4.77. The Morgan fingerprint density at radius 2 is 1.73 bits per heavy atom. The smallest absolute Gasteiger partial charge is 0.125 e. The fourth-order valence-electron chi connectivity index (χ4n) is 1.14. The third-order valence-electron chi connectivity index (χ3n) is 1.74. The fourth-order valence-corrected chi connectivity index (χ4v) is 1.14. The van der Waals surface area contributed by atoms with E-state index in [1.165, 1.54) is 0 Å². The monoisotopic (exact) mass is 211 g/mol. The molecule has 0 radical (unpaired) electrons. The molecular formula is C11H17NO3. The standard InChI is InChI=1S/C11H17NO3/c1-2-4-14-10-6-9(12)7-11(8-10)15-5-3-13/h6-8,13H,2-5,12H2,1H3. The number of hydrogen-bond acceptors (Lipinski definition) is 4. The van der Waals surface area contributed by atoms with E-state index < -0.39 is 0 Å². The van der Waals surface area contributed by atoms with Crippen molar-refractivity contribution in [3.8, 4) is 11.5 Å². The Bertz CT molecular complexity index is 276. The van der Waals surface area contributed by atoms with Crippen LogP contribution < -0.4 is 15.2 Å². The van der Waals surface area contributed by atoms with Crippen molar-refractivity contribution in [3.63, 3.8) is 0 Å². The zero-order chi connectivity index (χ0) is 11.1. The minimum absolute atomic E-state index is 0.0139. The van der Waals surface area contributed by atoms with Crippen molar-refractivity contribution >= 4 is 5.69 Å². The number of rotatable bonds is 6. The normalized spacial score (nSPS) is 10.0. The number of anilines is 1. The minimum Gasteiger partial charge on any atom is -0.493 e. The molecule has 0 saturated heterocycles. The molecule has 0 unspecified atom stereocenters. The van der Waals surface area contributed by atoms with Crippen LogP contribution in [0.5, 0.6) is 11.5 Å². The lowest BCUT2D eigenvalue weighted by Crippen LogP contribution is -2.03. The summed E-state index contributed by atoms with van der Waals surface area (Å²) in [5.74, 6) is 1.32. The summed E-state index contributed by atoms with van der Waals surface area (Å²) in [6.45, 7) is 2.94. The molecule has 0 amide bonds. The number of hydrogen-bond donors (Lipinski definition) is 2. The summed E-state index contributed by atoms with van der Waals surface area (Å²) in [5, 5.41) is 8.62. The molecule has 1 rings (SSSR count). The van der Waals surface area contributed by atoms with Gasteiger partial charge in [0, 0.05) is 23.9 Å². The van der Waals surface area contributed by atoms with E-state index in [1.807, 2.05) is 6.92 Å². The molecule has 84 valence electrons. The summed E-state index contributed by atoms with van der Waals surface area (Å²) in [7, 11) is 0. The highest BCUT2D eigenvalue weighted by atomic mass is 16.5. The van der Waals surface area contributed by atoms with Crippen LogP contribution in [0.1, 0.15) is 13.3 Å². The number of nitrogen functional groups attached to an aromatic ring is 1. The minimum atomic E-state index is -0.0139. The molecule has 0 spiro atoms. The second kappa shape index (κ2) is 6.14. The van der Waals surface area contributed by atoms with Gasteiger partial charge in [-0.05, 0) is 6.42 Å². The molecule has 0 aliphatic heterocycles. The second-order valence-corrected chi connectivity index (χ2v) is 3.16. The molecule has 3 N–H and O–H groups in total. The van der Waals surface area contributed by atoms with Crippen LogP contribution in [0.25, 0.3) is 0 Å². The van der Waals surface area contributed by atoms with Gasteiger partial charge in [-0.25, -0.2) is 0 Å². The summed E-state index contributed by atoms with van der Waals surface area (Å²) >= 11 is 0. The zero-order valence-electron chi connectivity index (χ0n) is 8.90. The first-order valence-corrected chi connectivity index (χ1v) is 5.03. The lowest BCUT2D eigenvalue weighted by molar-refractivity contribution is 0.200. The molecule has 15 heavy (non-hydrogen) atoms. The topological polar surface area (TPSA) is 64.7 Å². The molecule has 4 nitrogen and oxygen atoms in total. The molecule has 0 aliphatic rings. The first-order valence-electron chi connectivity index (χ1n) is 5.03. The molecule has 0 heterocycles. The number of benzene rings is 1. The van der Waals surface area contributed by atoms with Crippen LogP contribution in [0, 0.1) is 0 Å². The van der Waals surface area contributed by atoms with Gasteiger partial charge in [-0.15, -0.1) is 0 Å². The van der Waals surface area contributed by atoms with Crippen LogP contribution in [0.2, 0.25) is 0 Å². The van der Waals surface area contributed by atoms with Crippen LogP contribution in [-0.4, -0.2) is 24.9 Å². The Labute approximate surface area is 89.6 Å². The van der Waals surface area contributed by atoms with Crippen molar-refractivity contribution in [2.45, 2.75) is 13.3 Å². The van der Waals surface area contributed by atoms with Crippen molar-refractivity contribution in [1.29, 1.82) is 0 Å². The highest BCUT2D eigenvalue weighted by molar-refractivity contribution is 5.50. The van der Waals surface area contributed by atoms with E-state index in [0.717, 1.165) is 6.42 Å². The Morgan fingerprint density at radius 1 is 1.13 bits per heavy atom. The van der Waals surface area contributed by atoms with Gasteiger partial charge in [-0.1, -0.05) is 6.92 Å². The second-order valence-electron chi connectivity index (χ2n) is 3.16. The molecule has 1 aromatic carbocycles. The predicted octanol–water partition coefficient (Wildman–Crippen LogP) is 1.43. The lowest BCUT2D eigenvalue weighted by atomic mass is 10.3. The maximum Gasteiger partial charge on any atom is 0.125 e. The quantitative estimate of drug-likeness (QED) is 0.699. The fraction of sp³-hybridized carbons (Fsp3) is 0.455. The van der Waals surface area contributed by atoms with Crippen molar-refractivity contribution in [2.24, 2.45) is 0 Å². The van der Waals surface area contributed by atoms with E-state index in [4.69, 9.17) is 20.3 Å². The van der Waals surface area contributed by atoms with E-state index in [-0.39, 0.29) is 13.2 Å². The van der Waals surface area contributed by atoms with Crippen molar-refractivity contribution in [3.05, 3.63) is 18.2 Å². The number of aliphatic hydroxyl groups excluding tert-OH is 1. The van der Waals surface area contributed by atoms with Gasteiger partial charge in [-0.2, -0.15) is 0 Å². The molecule has 0 aliphatic carbocycles. The maximum absolute atomic E-state index is 8.62. The number of nitrogens with two attached hydrogens (primary N) is 1. The molecule has 0 saturated carbocycles. The highest BCUT2D eigenvalue weighted by Gasteiger charge is 2.00. The van der Waals surface area contributed by atoms with Crippen LogP contribution in [0.4, 0.5) is 5.69 Å². The van der Waals surface area contributed by atoms with Crippen LogP contribution >= 0.6 is 0 Å². The molecule has 1 aromatic rings. The van der Waals surface area contributed by atoms with Gasteiger partial charge < -0.3 is 20.3 Å². The zero-order valence-corrected chi connectivity index (χ0v) is 8.90. The summed E-state index contributed by atoms with van der Waals surface area (Å²) in [6, 6.07) is 5.22. The molecule has 0 aromatic heterocycles. The Hall–Kier alpha value is -1.42. The van der Waals surface area contributed by atoms with Crippen LogP contribution in [0.15, 0.2) is 18.2 Å². The average molecular weight is 211 g/mol. The van der Waals surface area contributed by atoms with E-state index in [1.54, 1.807) is 18.2 Å². The van der Waals surface area contributed by atoms with Gasteiger partial charge >= 0.3 is 0 Å². The lowest BCUT2D eigenvalue weighted by Gasteiger charge is -2.09. The Balaban J connectivity index is 2.66. The highest BCUT2D eigenvalue weighted by Crippen LogP contribution is 2.24. The van der Waals surface area contributed by atoms with Gasteiger partial charge in [-0.3, -0.25) is 0 Å². The van der Waals surface area contributed by atoms with Gasteiger partial charge in [0.25, 0.3) is 0 Å². The summed E-state index contributed by atoms with van der Waals surface area (Å²) < 4.78 is 10.7. The molecule has 0 atom stereocenters. The van der Waals surface area contributed by atoms with Crippen LogP contribution in [-0.2, 0) is 0 Å². The van der Waals surface area contributed by atoms with Gasteiger partial charge in [0.05, 0.1) is 13.2 Å². The summed E-state index contributed by atoms with van der Waals surface area (Å²) in [5.41, 5.74) is 6.27. The van der Waals surface area contributed by atoms with Gasteiger partial charge in [0.15, 0.2) is 0 Å². The third-order valence-corrected chi connectivity index (χ3v) is 1.74.